The lowest BCUT2D eigenvalue weighted by atomic mass is 10.2. The Morgan fingerprint density at radius 3 is 2.46 bits per heavy atom. The highest BCUT2D eigenvalue weighted by Crippen LogP contribution is 2.00. The Labute approximate surface area is 95.3 Å². The van der Waals surface area contributed by atoms with Gasteiger partial charge >= 0.3 is 5.97 Å². The van der Waals surface area contributed by atoms with E-state index in [1.165, 1.54) is 0 Å². The van der Waals surface area contributed by atoms with Gasteiger partial charge in [-0.15, -0.1) is 24.0 Å². The number of hydrogen-bond acceptors (Lipinski definition) is 2. The van der Waals surface area contributed by atoms with E-state index < -0.39 is 0 Å². The average Bonchev–Trinajstić information content (AvgIpc) is 2.16. The molecule has 0 unspecified atom stereocenters. The number of carbonyl (C=O) groups is 1. The van der Waals surface area contributed by atoms with Crippen molar-refractivity contribution in [3.63, 3.8) is 0 Å². The van der Waals surface area contributed by atoms with Crippen molar-refractivity contribution in [3.05, 3.63) is 35.9 Å². The van der Waals surface area contributed by atoms with Crippen LogP contribution in [0.1, 0.15) is 18.9 Å². The van der Waals surface area contributed by atoms with Gasteiger partial charge in [0, 0.05) is 6.42 Å². The predicted octanol–water partition coefficient (Wildman–Crippen LogP) is 2.76. The zero-order chi connectivity index (χ0) is 8.81. The third kappa shape index (κ3) is 4.87. The van der Waals surface area contributed by atoms with Gasteiger partial charge in [-0.05, 0) is 5.56 Å². The van der Waals surface area contributed by atoms with Gasteiger partial charge in [0.15, 0.2) is 0 Å². The van der Waals surface area contributed by atoms with Gasteiger partial charge in [-0.2, -0.15) is 0 Å². The molecule has 0 bridgehead atoms. The first-order valence-electron chi connectivity index (χ1n) is 4.02. The van der Waals surface area contributed by atoms with Gasteiger partial charge in [0.2, 0.25) is 0 Å². The van der Waals surface area contributed by atoms with E-state index in [0.29, 0.717) is 13.0 Å². The molecular weight excluding hydrogens is 279 g/mol. The summed E-state index contributed by atoms with van der Waals surface area (Å²) < 4.78 is 4.94. The highest BCUT2D eigenvalue weighted by atomic mass is 127. The van der Waals surface area contributed by atoms with E-state index in [1.54, 1.807) is 6.92 Å². The molecule has 0 fully saturated rings. The Bertz CT molecular complexity index is 246. The normalized spacial score (nSPS) is 8.69. The fourth-order valence-electron chi connectivity index (χ4n) is 0.840. The van der Waals surface area contributed by atoms with Gasteiger partial charge in [-0.25, -0.2) is 0 Å². The molecule has 0 aliphatic rings. The summed E-state index contributed by atoms with van der Waals surface area (Å²) in [6, 6.07) is 9.65. The largest absolute Gasteiger partial charge is 0.461 e. The number of carbonyl (C=O) groups excluding carboxylic acids is 1. The molecule has 0 N–H and O–H groups in total. The van der Waals surface area contributed by atoms with Crippen molar-refractivity contribution in [1.82, 2.24) is 0 Å². The maximum Gasteiger partial charge on any atom is 0.305 e. The second-order valence-corrected chi connectivity index (χ2v) is 2.50. The number of benzene rings is 1. The molecule has 0 spiro atoms. The van der Waals surface area contributed by atoms with Crippen LogP contribution in [0.3, 0.4) is 0 Å². The van der Waals surface area contributed by atoms with Crippen LogP contribution in [0.2, 0.25) is 0 Å². The molecule has 0 aliphatic carbocycles. The van der Waals surface area contributed by atoms with Crippen LogP contribution in [0.4, 0.5) is 0 Å². The van der Waals surface area contributed by atoms with E-state index in [2.05, 4.69) is 0 Å². The van der Waals surface area contributed by atoms with Crippen LogP contribution in [0, 0.1) is 0 Å². The minimum atomic E-state index is -0.154. The maximum atomic E-state index is 10.8. The first-order chi connectivity index (χ1) is 5.83. The lowest BCUT2D eigenvalue weighted by Gasteiger charge is -2.01. The SMILES string of the molecule is CCC(=O)OCc1ccccc1.I. The van der Waals surface area contributed by atoms with Gasteiger partial charge in [0.1, 0.15) is 6.61 Å². The summed E-state index contributed by atoms with van der Waals surface area (Å²) in [6.45, 7) is 2.17. The smallest absolute Gasteiger partial charge is 0.305 e. The molecule has 72 valence electrons. The molecule has 0 atom stereocenters. The van der Waals surface area contributed by atoms with Crippen molar-refractivity contribution in [2.24, 2.45) is 0 Å². The van der Waals surface area contributed by atoms with Crippen LogP contribution in [-0.2, 0) is 16.1 Å². The maximum absolute atomic E-state index is 10.8. The van der Waals surface area contributed by atoms with E-state index in [9.17, 15) is 4.79 Å². The van der Waals surface area contributed by atoms with Crippen LogP contribution < -0.4 is 0 Å². The summed E-state index contributed by atoms with van der Waals surface area (Å²) >= 11 is 0. The summed E-state index contributed by atoms with van der Waals surface area (Å²) in [5, 5.41) is 0. The summed E-state index contributed by atoms with van der Waals surface area (Å²) in [5.74, 6) is -0.154. The number of rotatable bonds is 3. The second-order valence-electron chi connectivity index (χ2n) is 2.50. The summed E-state index contributed by atoms with van der Waals surface area (Å²) in [5.41, 5.74) is 1.03. The monoisotopic (exact) mass is 292 g/mol. The number of halogens is 1. The van der Waals surface area contributed by atoms with Crippen molar-refractivity contribution < 1.29 is 9.53 Å². The number of hydrogen-bond donors (Lipinski definition) is 0. The van der Waals surface area contributed by atoms with Crippen molar-refractivity contribution in [3.8, 4) is 0 Å². The lowest BCUT2D eigenvalue weighted by Crippen LogP contribution is -2.01. The van der Waals surface area contributed by atoms with Crippen LogP contribution >= 0.6 is 24.0 Å². The molecule has 0 aliphatic heterocycles. The van der Waals surface area contributed by atoms with Crippen LogP contribution in [0.15, 0.2) is 30.3 Å². The first-order valence-corrected chi connectivity index (χ1v) is 4.02. The third-order valence-electron chi connectivity index (χ3n) is 1.53. The molecule has 1 aromatic carbocycles. The van der Waals surface area contributed by atoms with Crippen molar-refractivity contribution in [2.75, 3.05) is 0 Å². The third-order valence-corrected chi connectivity index (χ3v) is 1.53. The predicted molar refractivity (Wildman–Crippen MR) is 61.9 cm³/mol. The number of esters is 1. The molecule has 13 heavy (non-hydrogen) atoms. The fraction of sp³-hybridized carbons (Fsp3) is 0.300. The first kappa shape index (κ1) is 12.4. The van der Waals surface area contributed by atoms with Gasteiger partial charge in [-0.1, -0.05) is 37.3 Å². The Morgan fingerprint density at radius 1 is 1.31 bits per heavy atom. The van der Waals surface area contributed by atoms with Crippen molar-refractivity contribution >= 4 is 29.9 Å². The minimum absolute atomic E-state index is 0. The topological polar surface area (TPSA) is 26.3 Å². The Morgan fingerprint density at radius 2 is 1.92 bits per heavy atom. The molecule has 2 nitrogen and oxygen atoms in total. The second kappa shape index (κ2) is 6.88. The van der Waals surface area contributed by atoms with E-state index in [4.69, 9.17) is 4.74 Å². The summed E-state index contributed by atoms with van der Waals surface area (Å²) in [4.78, 5) is 10.8. The molecular formula is C10H13IO2. The van der Waals surface area contributed by atoms with E-state index in [1.807, 2.05) is 30.3 Å². The fourth-order valence-corrected chi connectivity index (χ4v) is 0.840. The average molecular weight is 292 g/mol. The van der Waals surface area contributed by atoms with Crippen LogP contribution in [-0.4, -0.2) is 5.97 Å². The Kier molecular flexibility index (Phi) is 6.58. The van der Waals surface area contributed by atoms with Gasteiger partial charge in [0.05, 0.1) is 0 Å². The quantitative estimate of drug-likeness (QED) is 0.632. The number of ether oxygens (including phenoxy) is 1. The van der Waals surface area contributed by atoms with Crippen LogP contribution in [0.25, 0.3) is 0 Å². The highest BCUT2D eigenvalue weighted by Gasteiger charge is 1.97. The molecule has 0 amide bonds. The van der Waals surface area contributed by atoms with Crippen molar-refractivity contribution in [1.29, 1.82) is 0 Å². The molecule has 0 saturated carbocycles. The molecule has 0 aromatic heterocycles. The van der Waals surface area contributed by atoms with E-state index >= 15 is 0 Å². The molecule has 0 heterocycles. The van der Waals surface area contributed by atoms with Gasteiger partial charge in [0.25, 0.3) is 0 Å². The van der Waals surface area contributed by atoms with E-state index in [0.717, 1.165) is 5.56 Å². The van der Waals surface area contributed by atoms with Gasteiger partial charge in [-0.3, -0.25) is 4.79 Å². The van der Waals surface area contributed by atoms with E-state index in [-0.39, 0.29) is 29.9 Å². The standard InChI is InChI=1S/C10H12O2.HI/c1-2-10(11)12-8-9-6-4-3-5-7-9;/h3-7H,2,8H2,1H3;1H. The lowest BCUT2D eigenvalue weighted by molar-refractivity contribution is -0.144. The highest BCUT2D eigenvalue weighted by molar-refractivity contribution is 14.0. The Hall–Kier alpha value is -0.580. The minimum Gasteiger partial charge on any atom is -0.461 e. The Balaban J connectivity index is 0.00000144. The molecule has 0 saturated heterocycles. The van der Waals surface area contributed by atoms with Crippen molar-refractivity contribution in [2.45, 2.75) is 20.0 Å². The molecule has 1 aromatic rings. The zero-order valence-electron chi connectivity index (χ0n) is 7.53. The molecule has 1 rings (SSSR count). The summed E-state index contributed by atoms with van der Waals surface area (Å²) in [6.07, 6.45) is 0.437. The van der Waals surface area contributed by atoms with Crippen LogP contribution in [0.5, 0.6) is 0 Å². The summed E-state index contributed by atoms with van der Waals surface area (Å²) in [7, 11) is 0. The zero-order valence-corrected chi connectivity index (χ0v) is 9.86. The molecule has 0 radical (unpaired) electrons. The molecule has 3 heteroatoms. The van der Waals surface area contributed by atoms with Gasteiger partial charge < -0.3 is 4.74 Å².